The molecule has 1 aromatic rings. The molecule has 1 atom stereocenters. The van der Waals surface area contributed by atoms with Gasteiger partial charge in [-0.2, -0.15) is 0 Å². The second-order valence-electron chi connectivity index (χ2n) is 6.09. The summed E-state index contributed by atoms with van der Waals surface area (Å²) in [6.07, 6.45) is 3.33. The zero-order valence-electron chi connectivity index (χ0n) is 16.4. The number of benzene rings is 1. The molecule has 1 unspecified atom stereocenters. The third-order valence-corrected chi connectivity index (χ3v) is 6.19. The number of amides is 3. The highest BCUT2D eigenvalue weighted by atomic mass is 31.2. The van der Waals surface area contributed by atoms with Crippen molar-refractivity contribution in [1.29, 1.82) is 0 Å². The van der Waals surface area contributed by atoms with E-state index in [1.807, 2.05) is 6.92 Å². The zero-order valence-corrected chi connectivity index (χ0v) is 17.3. The maximum absolute atomic E-state index is 13.3. The minimum atomic E-state index is -3.51. The normalized spacial score (nSPS) is 16.9. The summed E-state index contributed by atoms with van der Waals surface area (Å²) >= 11 is 0. The molecule has 1 saturated heterocycles. The Balaban J connectivity index is 2.27. The van der Waals surface area contributed by atoms with Gasteiger partial charge in [0.2, 0.25) is 0 Å². The van der Waals surface area contributed by atoms with Crippen LogP contribution >= 0.6 is 7.60 Å². The molecule has 1 fully saturated rings. The number of carbonyl (C=O) groups excluding carboxylic acids is 2. The van der Waals surface area contributed by atoms with Crippen molar-refractivity contribution in [3.05, 3.63) is 41.1 Å². The average molecular weight is 410 g/mol. The van der Waals surface area contributed by atoms with E-state index in [0.29, 0.717) is 17.7 Å². The monoisotopic (exact) mass is 410 g/mol. The first-order chi connectivity index (χ1) is 13.4. The van der Waals surface area contributed by atoms with E-state index >= 15 is 0 Å². The maximum Gasteiger partial charge on any atom is 0.363 e. The molecule has 0 bridgehead atoms. The second-order valence-corrected chi connectivity index (χ2v) is 8.15. The van der Waals surface area contributed by atoms with Gasteiger partial charge in [-0.1, -0.05) is 37.6 Å². The number of unbranched alkanes of at least 4 members (excludes halogenated alkanes) is 1. The molecule has 0 aliphatic carbocycles. The third kappa shape index (κ3) is 5.75. The van der Waals surface area contributed by atoms with E-state index in [0.717, 1.165) is 12.8 Å². The predicted octanol–water partition coefficient (Wildman–Crippen LogP) is 3.95. The zero-order chi connectivity index (χ0) is 20.6. The van der Waals surface area contributed by atoms with Gasteiger partial charge in [-0.15, -0.1) is 0 Å². The summed E-state index contributed by atoms with van der Waals surface area (Å²) in [6.45, 7) is 6.47. The Morgan fingerprint density at radius 2 is 1.68 bits per heavy atom. The van der Waals surface area contributed by atoms with Crippen molar-refractivity contribution in [1.82, 2.24) is 10.6 Å². The molecule has 0 saturated carbocycles. The average Bonchev–Trinajstić information content (AvgIpc) is 2.97. The number of rotatable bonds is 11. The first-order valence-electron chi connectivity index (χ1n) is 9.37. The van der Waals surface area contributed by atoms with Crippen LogP contribution in [0.25, 0.3) is 6.08 Å². The fraction of sp³-hybridized carbons (Fsp3) is 0.474. The highest BCUT2D eigenvalue weighted by molar-refractivity contribution is 7.54. The summed E-state index contributed by atoms with van der Waals surface area (Å²) in [6, 6.07) is 6.45. The van der Waals surface area contributed by atoms with Crippen LogP contribution in [0.4, 0.5) is 4.79 Å². The van der Waals surface area contributed by atoms with Gasteiger partial charge < -0.3 is 19.1 Å². The molecule has 1 aromatic carbocycles. The van der Waals surface area contributed by atoms with Gasteiger partial charge in [0, 0.05) is 6.61 Å². The Morgan fingerprint density at radius 1 is 1.04 bits per heavy atom. The third-order valence-electron chi connectivity index (χ3n) is 3.93. The Morgan fingerprint density at radius 3 is 2.18 bits per heavy atom. The number of imide groups is 1. The minimum Gasteiger partial charge on any atom is -0.361 e. The summed E-state index contributed by atoms with van der Waals surface area (Å²) in [4.78, 5) is 22.8. The van der Waals surface area contributed by atoms with E-state index < -0.39 is 25.4 Å². The number of hydrogen-bond acceptors (Lipinski definition) is 6. The Kier molecular flexibility index (Phi) is 8.38. The summed E-state index contributed by atoms with van der Waals surface area (Å²) < 4.78 is 30.1. The van der Waals surface area contributed by atoms with Gasteiger partial charge >= 0.3 is 13.6 Å². The van der Waals surface area contributed by atoms with E-state index in [1.54, 1.807) is 44.2 Å². The van der Waals surface area contributed by atoms with E-state index in [-0.39, 0.29) is 18.9 Å². The van der Waals surface area contributed by atoms with Crippen molar-refractivity contribution >= 4 is 25.6 Å². The molecule has 2 rings (SSSR count). The van der Waals surface area contributed by atoms with Gasteiger partial charge in [0.1, 0.15) is 5.70 Å². The molecular weight excluding hydrogens is 383 g/mol. The van der Waals surface area contributed by atoms with E-state index in [4.69, 9.17) is 13.8 Å². The molecule has 0 radical (unpaired) electrons. The van der Waals surface area contributed by atoms with Crippen LogP contribution < -0.4 is 10.6 Å². The molecule has 9 heteroatoms. The van der Waals surface area contributed by atoms with Crippen molar-refractivity contribution < 1.29 is 27.9 Å². The molecule has 3 amide bonds. The Bertz CT molecular complexity index is 752. The standard InChI is InChI=1S/C19H27N2O6P/c1-4-7-12-25-18(28(24,26-5-2)27-6-3)15-10-8-14(9-11-15)13-16-17(22)21-19(23)20-16/h8-11,13,18H,4-7,12H2,1-3H3,(H2,20,21,22,23). The lowest BCUT2D eigenvalue weighted by molar-refractivity contribution is -0.115. The fourth-order valence-corrected chi connectivity index (χ4v) is 4.54. The first kappa shape index (κ1) is 22.3. The molecule has 0 aromatic heterocycles. The number of carbonyl (C=O) groups is 2. The van der Waals surface area contributed by atoms with Gasteiger partial charge in [-0.3, -0.25) is 14.7 Å². The molecule has 1 aliphatic heterocycles. The largest absolute Gasteiger partial charge is 0.363 e. The summed E-state index contributed by atoms with van der Waals surface area (Å²) in [7, 11) is -3.51. The predicted molar refractivity (Wildman–Crippen MR) is 106 cm³/mol. The highest BCUT2D eigenvalue weighted by Gasteiger charge is 2.37. The molecule has 28 heavy (non-hydrogen) atoms. The van der Waals surface area contributed by atoms with Crippen LogP contribution in [0.3, 0.4) is 0 Å². The molecule has 8 nitrogen and oxygen atoms in total. The van der Waals surface area contributed by atoms with Crippen LogP contribution in [-0.4, -0.2) is 31.8 Å². The molecular formula is C19H27N2O6P. The smallest absolute Gasteiger partial charge is 0.361 e. The van der Waals surface area contributed by atoms with Crippen LogP contribution in [0.2, 0.25) is 0 Å². The van der Waals surface area contributed by atoms with E-state index in [2.05, 4.69) is 10.6 Å². The van der Waals surface area contributed by atoms with E-state index in [9.17, 15) is 14.2 Å². The maximum atomic E-state index is 13.3. The summed E-state index contributed by atoms with van der Waals surface area (Å²) in [5.41, 5.74) is 1.53. The van der Waals surface area contributed by atoms with Crippen molar-refractivity contribution in [3.8, 4) is 0 Å². The van der Waals surface area contributed by atoms with Gasteiger partial charge in [-0.25, -0.2) is 4.79 Å². The Labute approximate surface area is 165 Å². The van der Waals surface area contributed by atoms with Gasteiger partial charge in [0.15, 0.2) is 5.85 Å². The lowest BCUT2D eigenvalue weighted by Gasteiger charge is -2.26. The first-order valence-corrected chi connectivity index (χ1v) is 11.0. The van der Waals surface area contributed by atoms with Crippen LogP contribution in [0, 0.1) is 0 Å². The molecule has 2 N–H and O–H groups in total. The van der Waals surface area contributed by atoms with Gasteiger partial charge in [0.05, 0.1) is 13.2 Å². The SMILES string of the molecule is CCCCOC(c1ccc(C=C2NC(=O)NC2=O)cc1)P(=O)(OCC)OCC. The number of urea groups is 1. The van der Waals surface area contributed by atoms with Crippen molar-refractivity contribution in [2.75, 3.05) is 19.8 Å². The van der Waals surface area contributed by atoms with Crippen molar-refractivity contribution in [2.45, 2.75) is 39.5 Å². The number of ether oxygens (including phenoxy) is 1. The second kappa shape index (κ2) is 10.5. The molecule has 1 aliphatic rings. The lowest BCUT2D eigenvalue weighted by Crippen LogP contribution is -2.22. The lowest BCUT2D eigenvalue weighted by atomic mass is 10.1. The molecule has 154 valence electrons. The Hall–Kier alpha value is -1.99. The van der Waals surface area contributed by atoms with Crippen LogP contribution in [0.5, 0.6) is 0 Å². The van der Waals surface area contributed by atoms with Gasteiger partial charge in [0.25, 0.3) is 5.91 Å². The highest BCUT2D eigenvalue weighted by Crippen LogP contribution is 2.61. The summed E-state index contributed by atoms with van der Waals surface area (Å²) in [5, 5.41) is 4.58. The van der Waals surface area contributed by atoms with Gasteiger partial charge in [-0.05, 0) is 37.5 Å². The molecule has 1 heterocycles. The van der Waals surface area contributed by atoms with Crippen LogP contribution in [-0.2, 0) is 23.1 Å². The van der Waals surface area contributed by atoms with E-state index in [1.165, 1.54) is 0 Å². The van der Waals surface area contributed by atoms with Crippen molar-refractivity contribution in [2.24, 2.45) is 0 Å². The fourth-order valence-electron chi connectivity index (χ4n) is 2.65. The topological polar surface area (TPSA) is 103 Å². The summed E-state index contributed by atoms with van der Waals surface area (Å²) in [5.74, 6) is -1.32. The van der Waals surface area contributed by atoms with Crippen LogP contribution in [0.15, 0.2) is 30.0 Å². The quantitative estimate of drug-likeness (QED) is 0.248. The number of hydrogen-bond donors (Lipinski definition) is 2. The van der Waals surface area contributed by atoms with Crippen molar-refractivity contribution in [3.63, 3.8) is 0 Å². The number of nitrogens with one attached hydrogen (secondary N) is 2. The van der Waals surface area contributed by atoms with Crippen LogP contribution in [0.1, 0.15) is 50.6 Å². The minimum absolute atomic E-state index is 0.169. The molecule has 0 spiro atoms.